The normalized spacial score (nSPS) is 14.1. The van der Waals surface area contributed by atoms with Crippen molar-refractivity contribution in [1.82, 2.24) is 0 Å². The average Bonchev–Trinajstić information content (AvgIpc) is 2.78. The number of carbonyl (C=O) groups excluding carboxylic acids is 2. The van der Waals surface area contributed by atoms with Crippen molar-refractivity contribution in [2.75, 3.05) is 13.2 Å². The van der Waals surface area contributed by atoms with Gasteiger partial charge in [0.2, 0.25) is 0 Å². The Hall–Kier alpha value is -1.77. The number of aliphatic hydroxyl groups is 1. The smallest absolute Gasteiger partial charge is 0.462 e. The summed E-state index contributed by atoms with van der Waals surface area (Å²) >= 11 is 0. The van der Waals surface area contributed by atoms with Crippen LogP contribution >= 0.6 is 7.82 Å². The lowest BCUT2D eigenvalue weighted by Crippen LogP contribution is -2.28. The van der Waals surface area contributed by atoms with E-state index < -0.39 is 38.6 Å². The minimum atomic E-state index is -4.74. The summed E-state index contributed by atoms with van der Waals surface area (Å²) in [5.74, 6) is -1.28. The molecule has 10 heteroatoms. The van der Waals surface area contributed by atoms with E-state index in [1.54, 1.807) is 12.2 Å². The summed E-state index contributed by atoms with van der Waals surface area (Å²) in [6.07, 6.45) is 20.4. The van der Waals surface area contributed by atoms with E-state index in [4.69, 9.17) is 19.3 Å². The van der Waals surface area contributed by atoms with Crippen molar-refractivity contribution in [2.24, 2.45) is 0 Å². The molecule has 202 valence electrons. The maximum atomic E-state index is 11.8. The first-order chi connectivity index (χ1) is 16.6. The summed E-state index contributed by atoms with van der Waals surface area (Å²) in [4.78, 5) is 40.3. The summed E-state index contributed by atoms with van der Waals surface area (Å²) in [7, 11) is -4.74. The molecule has 0 aliphatic heterocycles. The van der Waals surface area contributed by atoms with Gasteiger partial charge in [0.25, 0.3) is 0 Å². The molecule has 0 fully saturated rings. The Morgan fingerprint density at radius 2 is 1.66 bits per heavy atom. The Morgan fingerprint density at radius 3 is 2.34 bits per heavy atom. The van der Waals surface area contributed by atoms with Crippen LogP contribution in [0.4, 0.5) is 0 Å². The number of unbranched alkanes of at least 4 members (excludes halogenated alkanes) is 6. The van der Waals surface area contributed by atoms with Gasteiger partial charge in [-0.25, -0.2) is 4.57 Å². The van der Waals surface area contributed by atoms with Gasteiger partial charge in [-0.3, -0.25) is 14.1 Å². The molecule has 0 saturated carbocycles. The third kappa shape index (κ3) is 25.1. The third-order valence-electron chi connectivity index (χ3n) is 4.82. The van der Waals surface area contributed by atoms with Gasteiger partial charge in [0, 0.05) is 13.3 Å². The number of hydrogen-bond acceptors (Lipinski definition) is 7. The van der Waals surface area contributed by atoms with Crippen molar-refractivity contribution in [3.63, 3.8) is 0 Å². The van der Waals surface area contributed by atoms with Gasteiger partial charge in [-0.2, -0.15) is 0 Å². The summed E-state index contributed by atoms with van der Waals surface area (Å²) in [5, 5.41) is 9.97. The molecule has 0 spiro atoms. The highest BCUT2D eigenvalue weighted by Gasteiger charge is 2.21. The zero-order valence-corrected chi connectivity index (χ0v) is 21.9. The predicted octanol–water partition coefficient (Wildman–Crippen LogP) is 4.91. The van der Waals surface area contributed by atoms with Crippen LogP contribution in [0.1, 0.15) is 84.5 Å². The second-order valence-electron chi connectivity index (χ2n) is 8.24. The molecule has 0 aliphatic carbocycles. The molecule has 35 heavy (non-hydrogen) atoms. The molecule has 2 atom stereocenters. The first-order valence-electron chi connectivity index (χ1n) is 12.3. The Bertz CT molecular complexity index is 697. The largest absolute Gasteiger partial charge is 0.469 e. The zero-order valence-electron chi connectivity index (χ0n) is 21.0. The molecule has 0 aromatic rings. The van der Waals surface area contributed by atoms with Crippen LogP contribution in [-0.2, 0) is 28.2 Å². The molecule has 0 amide bonds. The molecular weight excluding hydrogens is 475 g/mol. The van der Waals surface area contributed by atoms with Gasteiger partial charge in [0.1, 0.15) is 6.61 Å². The van der Waals surface area contributed by atoms with Crippen LogP contribution in [-0.4, -0.2) is 52.3 Å². The third-order valence-corrected chi connectivity index (χ3v) is 5.30. The monoisotopic (exact) mass is 518 g/mol. The summed E-state index contributed by atoms with van der Waals surface area (Å²) in [6, 6.07) is 0. The van der Waals surface area contributed by atoms with E-state index in [1.165, 1.54) is 38.5 Å². The molecule has 0 aromatic carbocycles. The Labute approximate surface area is 209 Å². The highest BCUT2D eigenvalue weighted by molar-refractivity contribution is 7.46. The number of phosphoric ester groups is 1. The minimum absolute atomic E-state index is 0.0380. The van der Waals surface area contributed by atoms with Gasteiger partial charge >= 0.3 is 19.8 Å². The van der Waals surface area contributed by atoms with E-state index in [0.717, 1.165) is 19.8 Å². The molecule has 0 aliphatic rings. The second-order valence-corrected chi connectivity index (χ2v) is 9.48. The second kappa shape index (κ2) is 21.5. The maximum Gasteiger partial charge on any atom is 0.469 e. The van der Waals surface area contributed by atoms with Crippen molar-refractivity contribution in [1.29, 1.82) is 0 Å². The Morgan fingerprint density at radius 1 is 0.943 bits per heavy atom. The first kappa shape index (κ1) is 33.2. The van der Waals surface area contributed by atoms with Gasteiger partial charge in [0.15, 0.2) is 6.10 Å². The molecule has 0 heterocycles. The van der Waals surface area contributed by atoms with Crippen LogP contribution in [0.5, 0.6) is 0 Å². The molecule has 9 nitrogen and oxygen atoms in total. The number of carbonyl (C=O) groups is 2. The lowest BCUT2D eigenvalue weighted by molar-refractivity contribution is -0.159. The molecule has 0 rings (SSSR count). The lowest BCUT2D eigenvalue weighted by atomic mass is 10.1. The number of esters is 2. The number of ether oxygens (including phenoxy) is 2. The fourth-order valence-electron chi connectivity index (χ4n) is 3.03. The van der Waals surface area contributed by atoms with Crippen molar-refractivity contribution in [3.8, 4) is 0 Å². The number of aliphatic hydroxyl groups excluding tert-OH is 1. The van der Waals surface area contributed by atoms with Gasteiger partial charge < -0.3 is 24.4 Å². The van der Waals surface area contributed by atoms with Gasteiger partial charge in [-0.15, -0.1) is 0 Å². The van der Waals surface area contributed by atoms with E-state index in [1.807, 2.05) is 12.2 Å². The van der Waals surface area contributed by atoms with Gasteiger partial charge in [-0.05, 0) is 32.1 Å². The first-order valence-corrected chi connectivity index (χ1v) is 13.9. The Kier molecular flexibility index (Phi) is 20.4. The zero-order chi connectivity index (χ0) is 26.4. The molecule has 3 N–H and O–H groups in total. The van der Waals surface area contributed by atoms with Crippen molar-refractivity contribution < 1.29 is 43.0 Å². The maximum absolute atomic E-state index is 11.8. The number of allylic oxidation sites excluding steroid dienone is 5. The van der Waals surface area contributed by atoms with Crippen molar-refractivity contribution >= 4 is 19.8 Å². The van der Waals surface area contributed by atoms with Crippen LogP contribution in [0, 0.1) is 0 Å². The van der Waals surface area contributed by atoms with E-state index in [0.29, 0.717) is 12.8 Å². The standard InChI is InChI=1S/C25H43O9P/c1-3-4-5-6-7-8-9-10-11-12-13-14-15-17-23(27)18-16-19-25(28)32-20-24(34-22(2)26)21-33-35(29,30)31/h10-11,13-15,17,23-24,27H,3-9,12,16,18-21H2,1-2H3,(H2,29,30,31)/b11-10+,14-13+,17-15+/t23?,24-/m1/s1. The molecule has 1 unspecified atom stereocenters. The summed E-state index contributed by atoms with van der Waals surface area (Å²) in [5.41, 5.74) is 0. The molecular formula is C25H43O9P. The SMILES string of the molecule is CCCCCCCC/C=C/C/C=C/C=C/C(O)CCCC(=O)OC[C@H](COP(=O)(O)O)OC(C)=O. The molecule has 0 aromatic heterocycles. The minimum Gasteiger partial charge on any atom is -0.462 e. The van der Waals surface area contributed by atoms with Crippen LogP contribution < -0.4 is 0 Å². The quantitative estimate of drug-likeness (QED) is 0.0635. The number of hydrogen-bond donors (Lipinski definition) is 3. The summed E-state index contributed by atoms with van der Waals surface area (Å²) in [6.45, 7) is 2.34. The van der Waals surface area contributed by atoms with Crippen LogP contribution in [0.2, 0.25) is 0 Å². The molecule has 0 saturated heterocycles. The topological polar surface area (TPSA) is 140 Å². The summed E-state index contributed by atoms with van der Waals surface area (Å²) < 4.78 is 24.8. The van der Waals surface area contributed by atoms with E-state index >= 15 is 0 Å². The average molecular weight is 519 g/mol. The van der Waals surface area contributed by atoms with Gasteiger partial charge in [0.05, 0.1) is 12.7 Å². The van der Waals surface area contributed by atoms with E-state index in [9.17, 15) is 19.3 Å². The Balaban J connectivity index is 3.95. The molecule has 0 radical (unpaired) electrons. The van der Waals surface area contributed by atoms with Crippen molar-refractivity contribution in [3.05, 3.63) is 36.5 Å². The highest BCUT2D eigenvalue weighted by atomic mass is 31.2. The van der Waals surface area contributed by atoms with Crippen LogP contribution in [0.3, 0.4) is 0 Å². The van der Waals surface area contributed by atoms with E-state index in [2.05, 4.69) is 23.6 Å². The van der Waals surface area contributed by atoms with Gasteiger partial charge in [-0.1, -0.05) is 75.5 Å². The fourth-order valence-corrected chi connectivity index (χ4v) is 3.39. The highest BCUT2D eigenvalue weighted by Crippen LogP contribution is 2.35. The number of phosphoric acid groups is 1. The van der Waals surface area contributed by atoms with Crippen LogP contribution in [0.25, 0.3) is 0 Å². The van der Waals surface area contributed by atoms with Crippen LogP contribution in [0.15, 0.2) is 36.5 Å². The predicted molar refractivity (Wildman–Crippen MR) is 134 cm³/mol. The fraction of sp³-hybridized carbons (Fsp3) is 0.680. The van der Waals surface area contributed by atoms with Crippen molar-refractivity contribution in [2.45, 2.75) is 96.7 Å². The lowest BCUT2D eigenvalue weighted by Gasteiger charge is -2.17. The number of rotatable bonds is 21. The molecule has 0 bridgehead atoms. The van der Waals surface area contributed by atoms with E-state index in [-0.39, 0.29) is 13.0 Å².